The number of hydrogen-bond acceptors (Lipinski definition) is 5. The molecule has 33 heavy (non-hydrogen) atoms. The molecule has 6 rings (SSSR count). The van der Waals surface area contributed by atoms with E-state index < -0.39 is 11.7 Å². The van der Waals surface area contributed by atoms with Crippen LogP contribution in [0.1, 0.15) is 74.7 Å². The van der Waals surface area contributed by atoms with Crippen molar-refractivity contribution in [3.8, 4) is 0 Å². The molecule has 1 saturated heterocycles. The number of benzene rings is 1. The van der Waals surface area contributed by atoms with Gasteiger partial charge in [-0.1, -0.05) is 32.1 Å². The standard InChI is InChI=1S/C26H31N3O4/c27-24(31)23-19(16-6-2-1-3-7-16)11-13-28(23)18-9-10-20-17(14-18)15-21-25(32)33-26(29(20)21)12-5-4-8-22(26)30/h9-10,14-16,19,23H,1-8,11-13H2,(H2,27,31)/t19-,23-,26?/m0/s1. The SMILES string of the molecule is NC(=O)[C@@H]1[C@H](C2CCCCC2)CCN1c1ccc2c(c1)cc1n2C2(CCCCC2=O)OC1=O. The van der Waals surface area contributed by atoms with E-state index in [-0.39, 0.29) is 17.7 Å². The zero-order valence-electron chi connectivity index (χ0n) is 18.9. The molecule has 0 radical (unpaired) electrons. The fourth-order valence-electron chi connectivity index (χ4n) is 7.03. The Morgan fingerprint density at radius 1 is 1.03 bits per heavy atom. The van der Waals surface area contributed by atoms with Crippen molar-refractivity contribution in [1.82, 2.24) is 4.57 Å². The number of rotatable bonds is 3. The predicted octanol–water partition coefficient (Wildman–Crippen LogP) is 3.87. The van der Waals surface area contributed by atoms with Gasteiger partial charge in [-0.15, -0.1) is 0 Å². The smallest absolute Gasteiger partial charge is 0.357 e. The lowest BCUT2D eigenvalue weighted by molar-refractivity contribution is -0.150. The summed E-state index contributed by atoms with van der Waals surface area (Å²) in [7, 11) is 0. The monoisotopic (exact) mass is 449 g/mol. The van der Waals surface area contributed by atoms with Crippen molar-refractivity contribution in [1.29, 1.82) is 0 Å². The summed E-state index contributed by atoms with van der Waals surface area (Å²) in [5, 5.41) is 0.890. The third-order valence-electron chi connectivity index (χ3n) is 8.55. The molecule has 2 aliphatic heterocycles. The van der Waals surface area contributed by atoms with Gasteiger partial charge in [0.05, 0.1) is 5.52 Å². The number of ether oxygens (including phenoxy) is 1. The Labute approximate surface area is 193 Å². The van der Waals surface area contributed by atoms with Crippen LogP contribution in [0.3, 0.4) is 0 Å². The van der Waals surface area contributed by atoms with Gasteiger partial charge in [0, 0.05) is 30.5 Å². The molecule has 1 aromatic carbocycles. The fourth-order valence-corrected chi connectivity index (χ4v) is 7.03. The molecule has 174 valence electrons. The number of carbonyl (C=O) groups excluding carboxylic acids is 3. The molecule has 7 nitrogen and oxygen atoms in total. The van der Waals surface area contributed by atoms with Crippen molar-refractivity contribution >= 4 is 34.3 Å². The lowest BCUT2D eigenvalue weighted by Gasteiger charge is -2.34. The highest BCUT2D eigenvalue weighted by molar-refractivity contribution is 6.03. The third-order valence-corrected chi connectivity index (χ3v) is 8.55. The van der Waals surface area contributed by atoms with Crippen LogP contribution in [0.25, 0.3) is 10.9 Å². The number of nitrogens with zero attached hydrogens (tertiary/aromatic N) is 2. The van der Waals surface area contributed by atoms with Gasteiger partial charge >= 0.3 is 5.97 Å². The van der Waals surface area contributed by atoms with Gasteiger partial charge in [-0.2, -0.15) is 0 Å². The number of amides is 1. The van der Waals surface area contributed by atoms with Gasteiger partial charge < -0.3 is 15.4 Å². The van der Waals surface area contributed by atoms with E-state index in [1.807, 2.05) is 28.8 Å². The number of aromatic nitrogens is 1. The highest BCUT2D eigenvalue weighted by atomic mass is 16.6. The number of fused-ring (bicyclic) bond motifs is 4. The molecule has 1 unspecified atom stereocenters. The third kappa shape index (κ3) is 3.04. The molecule has 1 aromatic heterocycles. The molecular formula is C26H31N3O4. The summed E-state index contributed by atoms with van der Waals surface area (Å²) >= 11 is 0. The average molecular weight is 450 g/mol. The molecule has 3 fully saturated rings. The first-order valence-corrected chi connectivity index (χ1v) is 12.5. The van der Waals surface area contributed by atoms with Gasteiger partial charge in [0.15, 0.2) is 5.78 Å². The molecule has 1 spiro atoms. The Hall–Kier alpha value is -2.83. The normalized spacial score (nSPS) is 30.2. The summed E-state index contributed by atoms with van der Waals surface area (Å²) < 4.78 is 7.50. The quantitative estimate of drug-likeness (QED) is 0.718. The highest BCUT2D eigenvalue weighted by Gasteiger charge is 2.52. The Morgan fingerprint density at radius 2 is 1.85 bits per heavy atom. The molecule has 1 amide bonds. The van der Waals surface area contributed by atoms with Crippen molar-refractivity contribution in [2.24, 2.45) is 17.6 Å². The van der Waals surface area contributed by atoms with E-state index in [0.717, 1.165) is 42.4 Å². The van der Waals surface area contributed by atoms with Gasteiger partial charge in [0.2, 0.25) is 11.6 Å². The largest absolute Gasteiger partial charge is 0.426 e. The molecule has 3 heterocycles. The Morgan fingerprint density at radius 3 is 2.61 bits per heavy atom. The number of esters is 1. The van der Waals surface area contributed by atoms with Gasteiger partial charge in [-0.25, -0.2) is 4.79 Å². The van der Waals surface area contributed by atoms with E-state index in [0.29, 0.717) is 30.4 Å². The van der Waals surface area contributed by atoms with Crippen LogP contribution in [0.15, 0.2) is 24.3 Å². The number of hydrogen-bond donors (Lipinski definition) is 1. The van der Waals surface area contributed by atoms with Crippen LogP contribution < -0.4 is 10.6 Å². The maximum absolute atomic E-state index is 12.9. The van der Waals surface area contributed by atoms with E-state index in [4.69, 9.17) is 10.5 Å². The Balaban J connectivity index is 1.37. The Kier molecular flexibility index (Phi) is 4.78. The fraction of sp³-hybridized carbons (Fsp3) is 0.577. The van der Waals surface area contributed by atoms with E-state index in [1.165, 1.54) is 32.1 Å². The zero-order valence-corrected chi connectivity index (χ0v) is 18.9. The van der Waals surface area contributed by atoms with Crippen LogP contribution in [0.2, 0.25) is 0 Å². The summed E-state index contributed by atoms with van der Waals surface area (Å²) in [6, 6.07) is 7.53. The maximum Gasteiger partial charge on any atom is 0.357 e. The first-order chi connectivity index (χ1) is 16.0. The summed E-state index contributed by atoms with van der Waals surface area (Å²) in [4.78, 5) is 40.3. The molecule has 4 aliphatic rings. The van der Waals surface area contributed by atoms with Gasteiger partial charge in [0.1, 0.15) is 11.7 Å². The Bertz CT molecular complexity index is 1150. The van der Waals surface area contributed by atoms with Crippen LogP contribution in [0.5, 0.6) is 0 Å². The number of nitrogens with two attached hydrogens (primary N) is 1. The number of ketones is 1. The van der Waals surface area contributed by atoms with E-state index in [2.05, 4.69) is 4.90 Å². The topological polar surface area (TPSA) is 94.6 Å². The predicted molar refractivity (Wildman–Crippen MR) is 124 cm³/mol. The minimum absolute atomic E-state index is 0.0221. The molecule has 2 aliphatic carbocycles. The first kappa shape index (κ1) is 20.8. The van der Waals surface area contributed by atoms with Crippen LogP contribution in [0, 0.1) is 11.8 Å². The van der Waals surface area contributed by atoms with Crippen LogP contribution in [-0.4, -0.2) is 34.8 Å². The van der Waals surface area contributed by atoms with Crippen LogP contribution in [-0.2, 0) is 20.1 Å². The molecule has 2 saturated carbocycles. The van der Waals surface area contributed by atoms with Crippen molar-refractivity contribution < 1.29 is 19.1 Å². The summed E-state index contributed by atoms with van der Waals surface area (Å²) in [6.45, 7) is 0.804. The number of anilines is 1. The molecular weight excluding hydrogens is 418 g/mol. The number of Topliss-reactive ketones (excluding diaryl/α,β-unsaturated/α-hetero) is 1. The molecule has 3 atom stereocenters. The van der Waals surface area contributed by atoms with Gasteiger partial charge in [0.25, 0.3) is 0 Å². The van der Waals surface area contributed by atoms with Crippen molar-refractivity contribution in [2.75, 3.05) is 11.4 Å². The second-order valence-corrected chi connectivity index (χ2v) is 10.3. The summed E-state index contributed by atoms with van der Waals surface area (Å²) in [5.41, 5.74) is 6.96. The van der Waals surface area contributed by atoms with Crippen molar-refractivity contribution in [2.45, 2.75) is 76.0 Å². The zero-order chi connectivity index (χ0) is 22.7. The minimum Gasteiger partial charge on any atom is -0.426 e. The number of primary amides is 1. The minimum atomic E-state index is -1.19. The summed E-state index contributed by atoms with van der Waals surface area (Å²) in [5.74, 6) is 0.159. The molecule has 0 bridgehead atoms. The second kappa shape index (κ2) is 7.61. The van der Waals surface area contributed by atoms with Crippen molar-refractivity contribution in [3.63, 3.8) is 0 Å². The van der Waals surface area contributed by atoms with Gasteiger partial charge in [-0.3, -0.25) is 14.2 Å². The lowest BCUT2D eigenvalue weighted by atomic mass is 9.76. The van der Waals surface area contributed by atoms with Gasteiger partial charge in [-0.05, 0) is 55.4 Å². The lowest BCUT2D eigenvalue weighted by Crippen LogP contribution is -2.46. The van der Waals surface area contributed by atoms with E-state index in [1.54, 1.807) is 0 Å². The van der Waals surface area contributed by atoms with Crippen LogP contribution >= 0.6 is 0 Å². The maximum atomic E-state index is 12.9. The molecule has 7 heteroatoms. The molecule has 2 aromatic rings. The second-order valence-electron chi connectivity index (χ2n) is 10.3. The van der Waals surface area contributed by atoms with Crippen LogP contribution in [0.4, 0.5) is 5.69 Å². The number of carbonyl (C=O) groups is 3. The van der Waals surface area contributed by atoms with Crippen molar-refractivity contribution in [3.05, 3.63) is 30.0 Å². The summed E-state index contributed by atoms with van der Waals surface area (Å²) in [6.07, 6.45) is 9.77. The molecule has 2 N–H and O–H groups in total. The van der Waals surface area contributed by atoms with E-state index >= 15 is 0 Å². The van der Waals surface area contributed by atoms with E-state index in [9.17, 15) is 14.4 Å². The average Bonchev–Trinajstić information content (AvgIpc) is 3.49. The first-order valence-electron chi connectivity index (χ1n) is 12.5. The highest BCUT2D eigenvalue weighted by Crippen LogP contribution is 2.45.